The van der Waals surface area contributed by atoms with E-state index in [9.17, 15) is 9.90 Å². The van der Waals surface area contributed by atoms with Crippen LogP contribution in [0.3, 0.4) is 0 Å². The molecule has 0 fully saturated rings. The minimum absolute atomic E-state index is 0.146. The van der Waals surface area contributed by atoms with E-state index in [1.165, 1.54) is 11.8 Å². The number of amides is 1. The Kier molecular flexibility index (Phi) is 6.32. The van der Waals surface area contributed by atoms with Crippen molar-refractivity contribution in [2.24, 2.45) is 0 Å². The molecule has 0 aliphatic carbocycles. The molecule has 2 aromatic heterocycles. The second-order valence-corrected chi connectivity index (χ2v) is 9.02. The van der Waals surface area contributed by atoms with Gasteiger partial charge >= 0.3 is 0 Å². The molecule has 5 aromatic rings. The summed E-state index contributed by atoms with van der Waals surface area (Å²) >= 11 is 1.51. The monoisotopic (exact) mass is 478 g/mol. The number of aromatic hydroxyl groups is 1. The van der Waals surface area contributed by atoms with E-state index in [-0.39, 0.29) is 11.7 Å². The van der Waals surface area contributed by atoms with Crippen molar-refractivity contribution in [1.82, 2.24) is 15.2 Å². The van der Waals surface area contributed by atoms with Gasteiger partial charge in [-0.3, -0.25) is 14.9 Å². The van der Waals surface area contributed by atoms with Gasteiger partial charge < -0.3 is 10.4 Å². The molecule has 7 heteroatoms. The van der Waals surface area contributed by atoms with E-state index in [2.05, 4.69) is 20.5 Å². The molecule has 0 bridgehead atoms. The third kappa shape index (κ3) is 4.95. The SMILES string of the molecule is Cc1c(O)cccc1NC(=O)c1ccccc1Sc1ccc2c(/C=C/c3ccccn3)n[nH]c2c1. The molecular weight excluding hydrogens is 456 g/mol. The average molecular weight is 479 g/mol. The number of carbonyl (C=O) groups is 1. The first-order valence-corrected chi connectivity index (χ1v) is 11.8. The van der Waals surface area contributed by atoms with Crippen LogP contribution in [0.4, 0.5) is 5.69 Å². The Morgan fingerprint density at radius 3 is 2.71 bits per heavy atom. The van der Waals surface area contributed by atoms with Crippen LogP contribution in [-0.4, -0.2) is 26.2 Å². The van der Waals surface area contributed by atoms with Gasteiger partial charge in [-0.25, -0.2) is 0 Å². The molecule has 1 amide bonds. The first kappa shape index (κ1) is 22.4. The highest BCUT2D eigenvalue weighted by molar-refractivity contribution is 7.99. The smallest absolute Gasteiger partial charge is 0.256 e. The van der Waals surface area contributed by atoms with E-state index < -0.39 is 0 Å². The quantitative estimate of drug-likeness (QED) is 0.258. The van der Waals surface area contributed by atoms with E-state index in [1.54, 1.807) is 37.4 Å². The lowest BCUT2D eigenvalue weighted by Gasteiger charge is -2.12. The zero-order valence-corrected chi connectivity index (χ0v) is 19.7. The first-order valence-electron chi connectivity index (χ1n) is 11.0. The fraction of sp³-hybridized carbons (Fsp3) is 0.0357. The number of aromatic amines is 1. The van der Waals surface area contributed by atoms with Crippen LogP contribution >= 0.6 is 11.8 Å². The lowest BCUT2D eigenvalue weighted by molar-refractivity contribution is 0.102. The van der Waals surface area contributed by atoms with Gasteiger partial charge in [-0.05, 0) is 73.7 Å². The van der Waals surface area contributed by atoms with E-state index in [4.69, 9.17) is 0 Å². The number of hydrogen-bond donors (Lipinski definition) is 3. The Morgan fingerprint density at radius 2 is 1.86 bits per heavy atom. The molecule has 0 aliphatic heterocycles. The first-order chi connectivity index (χ1) is 17.1. The van der Waals surface area contributed by atoms with Crippen molar-refractivity contribution in [3.8, 4) is 5.75 Å². The Morgan fingerprint density at radius 1 is 1.00 bits per heavy atom. The number of H-pyrrole nitrogens is 1. The summed E-state index contributed by atoms with van der Waals surface area (Å²) in [6.07, 6.45) is 5.63. The van der Waals surface area contributed by atoms with Crippen LogP contribution in [0.5, 0.6) is 5.75 Å². The lowest BCUT2D eigenvalue weighted by Crippen LogP contribution is -2.13. The van der Waals surface area contributed by atoms with Crippen LogP contribution in [0.25, 0.3) is 23.1 Å². The third-order valence-electron chi connectivity index (χ3n) is 5.58. The number of hydrogen-bond acceptors (Lipinski definition) is 5. The lowest BCUT2D eigenvalue weighted by atomic mass is 10.1. The summed E-state index contributed by atoms with van der Waals surface area (Å²) in [5, 5.41) is 21.4. The fourth-order valence-electron chi connectivity index (χ4n) is 3.67. The van der Waals surface area contributed by atoms with Gasteiger partial charge in [0.05, 0.1) is 22.5 Å². The predicted octanol–water partition coefficient (Wildman–Crippen LogP) is 6.55. The number of aromatic nitrogens is 3. The maximum atomic E-state index is 13.1. The molecular formula is C28H22N4O2S. The van der Waals surface area contributed by atoms with Gasteiger partial charge in [0.25, 0.3) is 5.91 Å². The molecule has 6 nitrogen and oxygen atoms in total. The maximum absolute atomic E-state index is 13.1. The van der Waals surface area contributed by atoms with Crippen molar-refractivity contribution in [2.75, 3.05) is 5.32 Å². The summed E-state index contributed by atoms with van der Waals surface area (Å²) in [6, 6.07) is 24.4. The van der Waals surface area contributed by atoms with Crippen molar-refractivity contribution >= 4 is 46.4 Å². The summed E-state index contributed by atoms with van der Waals surface area (Å²) in [4.78, 5) is 19.2. The van der Waals surface area contributed by atoms with Crippen LogP contribution in [0.2, 0.25) is 0 Å². The minimum Gasteiger partial charge on any atom is -0.508 e. The number of phenols is 1. The predicted molar refractivity (Wildman–Crippen MR) is 141 cm³/mol. The van der Waals surface area contributed by atoms with E-state index in [1.807, 2.05) is 66.7 Å². The molecule has 0 saturated carbocycles. The number of nitrogens with one attached hydrogen (secondary N) is 2. The van der Waals surface area contributed by atoms with Crippen LogP contribution in [-0.2, 0) is 0 Å². The number of rotatable bonds is 6. The van der Waals surface area contributed by atoms with Crippen molar-refractivity contribution in [1.29, 1.82) is 0 Å². The van der Waals surface area contributed by atoms with Crippen molar-refractivity contribution in [3.05, 3.63) is 108 Å². The number of pyridine rings is 1. The molecule has 0 unspecified atom stereocenters. The summed E-state index contributed by atoms with van der Waals surface area (Å²) in [5.41, 5.74) is 4.38. The fourth-order valence-corrected chi connectivity index (χ4v) is 4.65. The van der Waals surface area contributed by atoms with Gasteiger partial charge in [-0.15, -0.1) is 0 Å². The Bertz CT molecular complexity index is 1540. The molecule has 0 radical (unpaired) electrons. The Labute approximate surface area is 206 Å². The molecule has 0 spiro atoms. The van der Waals surface area contributed by atoms with Crippen LogP contribution in [0.15, 0.2) is 94.9 Å². The van der Waals surface area contributed by atoms with Crippen molar-refractivity contribution in [3.63, 3.8) is 0 Å². The van der Waals surface area contributed by atoms with Gasteiger partial charge in [0.2, 0.25) is 0 Å². The summed E-state index contributed by atoms with van der Waals surface area (Å²) in [6.45, 7) is 1.77. The van der Waals surface area contributed by atoms with Crippen molar-refractivity contribution in [2.45, 2.75) is 16.7 Å². The van der Waals surface area contributed by atoms with Gasteiger partial charge in [0, 0.05) is 32.6 Å². The number of phenolic OH excluding ortho intramolecular Hbond substituents is 1. The van der Waals surface area contributed by atoms with Crippen LogP contribution in [0.1, 0.15) is 27.3 Å². The zero-order chi connectivity index (χ0) is 24.2. The molecule has 172 valence electrons. The van der Waals surface area contributed by atoms with Crippen LogP contribution < -0.4 is 5.32 Å². The molecule has 35 heavy (non-hydrogen) atoms. The van der Waals surface area contributed by atoms with Gasteiger partial charge in [-0.2, -0.15) is 5.10 Å². The average Bonchev–Trinajstić information content (AvgIpc) is 3.28. The zero-order valence-electron chi connectivity index (χ0n) is 18.9. The highest BCUT2D eigenvalue weighted by atomic mass is 32.2. The van der Waals surface area contributed by atoms with Crippen LogP contribution in [0, 0.1) is 6.92 Å². The molecule has 3 N–H and O–H groups in total. The van der Waals surface area contributed by atoms with E-state index >= 15 is 0 Å². The van der Waals surface area contributed by atoms with Gasteiger partial charge in [-0.1, -0.05) is 36.0 Å². The van der Waals surface area contributed by atoms with Gasteiger partial charge in [0.15, 0.2) is 0 Å². The number of carbonyl (C=O) groups excluding carboxylic acids is 1. The second kappa shape index (κ2) is 9.87. The molecule has 5 rings (SSSR count). The highest BCUT2D eigenvalue weighted by Crippen LogP contribution is 2.33. The Hall–Kier alpha value is -4.36. The largest absolute Gasteiger partial charge is 0.508 e. The summed E-state index contributed by atoms with van der Waals surface area (Å²) < 4.78 is 0. The number of anilines is 1. The summed E-state index contributed by atoms with van der Waals surface area (Å²) in [5.74, 6) is -0.0843. The van der Waals surface area contributed by atoms with E-state index in [0.29, 0.717) is 16.8 Å². The normalized spacial score (nSPS) is 11.2. The van der Waals surface area contributed by atoms with E-state index in [0.717, 1.165) is 32.1 Å². The second-order valence-electron chi connectivity index (χ2n) is 7.91. The van der Waals surface area contributed by atoms with Gasteiger partial charge in [0.1, 0.15) is 5.75 Å². The minimum atomic E-state index is -0.230. The molecule has 0 saturated heterocycles. The number of fused-ring (bicyclic) bond motifs is 1. The third-order valence-corrected chi connectivity index (χ3v) is 6.64. The summed E-state index contributed by atoms with van der Waals surface area (Å²) in [7, 11) is 0. The molecule has 0 atom stereocenters. The molecule has 3 aromatic carbocycles. The van der Waals surface area contributed by atoms with Crippen molar-refractivity contribution < 1.29 is 9.90 Å². The standard InChI is InChI=1S/C28H22N4O2S/c1-18-23(9-6-10-26(18)33)30-28(34)22-8-2-3-11-27(22)35-20-13-14-21-24(31-32-25(21)17-20)15-12-19-7-4-5-16-29-19/h2-17,33H,1H3,(H,30,34)(H,31,32)/b15-12+. The topological polar surface area (TPSA) is 90.9 Å². The Balaban J connectivity index is 1.37. The molecule has 2 heterocycles. The molecule has 0 aliphatic rings. The number of benzene rings is 3. The maximum Gasteiger partial charge on any atom is 0.256 e. The highest BCUT2D eigenvalue weighted by Gasteiger charge is 2.15. The number of nitrogens with zero attached hydrogens (tertiary/aromatic N) is 2.